The molecule has 0 aliphatic carbocycles. The van der Waals surface area contributed by atoms with Gasteiger partial charge < -0.3 is 14.0 Å². The minimum atomic E-state index is -0.286. The molecule has 2 aliphatic heterocycles. The smallest absolute Gasteiger partial charge is 0.338 e. The summed E-state index contributed by atoms with van der Waals surface area (Å²) in [5.41, 5.74) is 3.52. The molecular weight excluding hydrogens is 464 g/mol. The molecule has 186 valence electrons. The molecule has 3 aromatic rings. The van der Waals surface area contributed by atoms with Crippen molar-refractivity contribution in [3.63, 3.8) is 0 Å². The first-order valence-electron chi connectivity index (χ1n) is 12.6. The third-order valence-corrected chi connectivity index (χ3v) is 7.11. The Balaban J connectivity index is 1.33. The van der Waals surface area contributed by atoms with Crippen molar-refractivity contribution in [2.24, 2.45) is 5.92 Å². The summed E-state index contributed by atoms with van der Waals surface area (Å²) in [6.45, 7) is 8.77. The summed E-state index contributed by atoms with van der Waals surface area (Å²) in [6.07, 6.45) is 3.34. The Morgan fingerprint density at radius 3 is 2.66 bits per heavy atom. The van der Waals surface area contributed by atoms with Gasteiger partial charge in [0.1, 0.15) is 11.0 Å². The van der Waals surface area contributed by atoms with E-state index in [0.29, 0.717) is 29.2 Å². The highest BCUT2D eigenvalue weighted by Crippen LogP contribution is 2.29. The highest BCUT2D eigenvalue weighted by Gasteiger charge is 2.26. The third kappa shape index (κ3) is 5.68. The van der Waals surface area contributed by atoms with Crippen molar-refractivity contribution >= 4 is 28.6 Å². The van der Waals surface area contributed by atoms with Crippen molar-refractivity contribution in [1.82, 2.24) is 19.4 Å². The zero-order chi connectivity index (χ0) is 24.4. The van der Waals surface area contributed by atoms with Crippen LogP contribution in [0.1, 0.15) is 60.9 Å². The number of piperidine rings is 1. The number of likely N-dealkylation sites (tertiary alicyclic amines) is 1. The first-order valence-corrected chi connectivity index (χ1v) is 13.0. The van der Waals surface area contributed by atoms with Crippen LogP contribution in [-0.2, 0) is 22.6 Å². The van der Waals surface area contributed by atoms with Crippen molar-refractivity contribution in [3.8, 4) is 0 Å². The minimum absolute atomic E-state index is 0.197. The van der Waals surface area contributed by atoms with E-state index in [1.165, 1.54) is 0 Å². The molecule has 8 heteroatoms. The van der Waals surface area contributed by atoms with Crippen LogP contribution in [0.25, 0.3) is 11.0 Å². The average Bonchev–Trinajstić information content (AvgIpc) is 3.16. The zero-order valence-corrected chi connectivity index (χ0v) is 21.2. The number of carbonyl (C=O) groups excluding carboxylic acids is 1. The number of nitrogens with zero attached hydrogens (tertiary/aromatic N) is 4. The average molecular weight is 497 g/mol. The lowest BCUT2D eigenvalue weighted by Crippen LogP contribution is -2.35. The number of fused-ring (bicyclic) bond motifs is 1. The number of pyridine rings is 1. The number of carbonyl (C=O) groups is 1. The summed E-state index contributed by atoms with van der Waals surface area (Å²) in [4.78, 5) is 24.5. The van der Waals surface area contributed by atoms with E-state index in [2.05, 4.69) is 20.5 Å². The SMILES string of the molecule is CC(C)COC(=O)c1ccc2nc(CN3CCC(c4cccc(Cl)n4)CC3)n(C[C@@H]3CCO3)c2c1. The summed E-state index contributed by atoms with van der Waals surface area (Å²) >= 11 is 6.10. The first kappa shape index (κ1) is 24.2. The Kier molecular flexibility index (Phi) is 7.37. The Bertz CT molecular complexity index is 1180. The summed E-state index contributed by atoms with van der Waals surface area (Å²) in [6, 6.07) is 11.5. The van der Waals surface area contributed by atoms with Crippen LogP contribution in [0.3, 0.4) is 0 Å². The van der Waals surface area contributed by atoms with Gasteiger partial charge in [-0.3, -0.25) is 4.90 Å². The molecule has 0 unspecified atom stereocenters. The van der Waals surface area contributed by atoms with Gasteiger partial charge in [-0.1, -0.05) is 31.5 Å². The van der Waals surface area contributed by atoms with Gasteiger partial charge in [0.15, 0.2) is 0 Å². The second-order valence-corrected chi connectivity index (χ2v) is 10.4. The third-order valence-electron chi connectivity index (χ3n) is 6.90. The second kappa shape index (κ2) is 10.6. The van der Waals surface area contributed by atoms with Crippen LogP contribution in [0.2, 0.25) is 5.15 Å². The fourth-order valence-corrected chi connectivity index (χ4v) is 4.99. The maximum absolute atomic E-state index is 12.6. The monoisotopic (exact) mass is 496 g/mol. The van der Waals surface area contributed by atoms with Crippen LogP contribution < -0.4 is 0 Å². The lowest BCUT2D eigenvalue weighted by Gasteiger charge is -2.32. The molecule has 0 radical (unpaired) electrons. The van der Waals surface area contributed by atoms with E-state index in [-0.39, 0.29) is 12.1 Å². The molecule has 7 nitrogen and oxygen atoms in total. The molecule has 2 aromatic heterocycles. The lowest BCUT2D eigenvalue weighted by atomic mass is 9.93. The molecular formula is C27H33ClN4O3. The molecule has 4 heterocycles. The van der Waals surface area contributed by atoms with Crippen LogP contribution in [0.4, 0.5) is 0 Å². The first-order chi connectivity index (χ1) is 17.0. The van der Waals surface area contributed by atoms with E-state index in [0.717, 1.165) is 74.6 Å². The van der Waals surface area contributed by atoms with Gasteiger partial charge in [-0.2, -0.15) is 0 Å². The molecule has 0 bridgehead atoms. The highest BCUT2D eigenvalue weighted by molar-refractivity contribution is 6.29. The van der Waals surface area contributed by atoms with Crippen LogP contribution >= 0.6 is 11.6 Å². The summed E-state index contributed by atoms with van der Waals surface area (Å²) in [7, 11) is 0. The number of rotatable bonds is 8. The normalized spacial score (nSPS) is 19.3. The van der Waals surface area contributed by atoms with Gasteiger partial charge in [0.05, 0.1) is 42.4 Å². The summed E-state index contributed by atoms with van der Waals surface area (Å²) in [5, 5.41) is 0.560. The van der Waals surface area contributed by atoms with E-state index in [9.17, 15) is 4.79 Å². The van der Waals surface area contributed by atoms with Crippen LogP contribution in [0.5, 0.6) is 0 Å². The Morgan fingerprint density at radius 1 is 1.17 bits per heavy atom. The van der Waals surface area contributed by atoms with Crippen LogP contribution in [0, 0.1) is 5.92 Å². The number of halogens is 1. The van der Waals surface area contributed by atoms with Crippen molar-refractivity contribution in [1.29, 1.82) is 0 Å². The lowest BCUT2D eigenvalue weighted by molar-refractivity contribution is -0.0592. The van der Waals surface area contributed by atoms with Crippen molar-refractivity contribution < 1.29 is 14.3 Å². The maximum Gasteiger partial charge on any atom is 0.338 e. The predicted octanol–water partition coefficient (Wildman–Crippen LogP) is 5.07. The van der Waals surface area contributed by atoms with Crippen LogP contribution in [0.15, 0.2) is 36.4 Å². The largest absolute Gasteiger partial charge is 0.462 e. The molecule has 0 saturated carbocycles. The molecule has 2 fully saturated rings. The zero-order valence-electron chi connectivity index (χ0n) is 20.5. The van der Waals surface area contributed by atoms with Gasteiger partial charge in [0.25, 0.3) is 0 Å². The molecule has 5 rings (SSSR count). The molecule has 0 spiro atoms. The Hall–Kier alpha value is -2.48. The number of benzene rings is 1. The molecule has 2 aliphatic rings. The Morgan fingerprint density at radius 2 is 1.97 bits per heavy atom. The van der Waals surface area contributed by atoms with E-state index < -0.39 is 0 Å². The van der Waals surface area contributed by atoms with Crippen molar-refractivity contribution in [2.75, 3.05) is 26.3 Å². The van der Waals surface area contributed by atoms with Gasteiger partial charge >= 0.3 is 5.97 Å². The van der Waals surface area contributed by atoms with Gasteiger partial charge in [-0.25, -0.2) is 14.8 Å². The molecule has 1 aromatic carbocycles. The van der Waals surface area contributed by atoms with E-state index >= 15 is 0 Å². The molecule has 2 saturated heterocycles. The van der Waals surface area contributed by atoms with E-state index in [4.69, 9.17) is 26.1 Å². The molecule has 1 atom stereocenters. The topological polar surface area (TPSA) is 69.5 Å². The van der Waals surface area contributed by atoms with Gasteiger partial charge in [0.2, 0.25) is 0 Å². The number of aromatic nitrogens is 3. The summed E-state index contributed by atoms with van der Waals surface area (Å²) in [5.74, 6) is 1.47. The minimum Gasteiger partial charge on any atom is -0.462 e. The number of ether oxygens (including phenoxy) is 2. The predicted molar refractivity (Wildman–Crippen MR) is 136 cm³/mol. The fraction of sp³-hybridized carbons (Fsp3) is 0.519. The van der Waals surface area contributed by atoms with Gasteiger partial charge in [-0.15, -0.1) is 0 Å². The van der Waals surface area contributed by atoms with Gasteiger partial charge in [-0.05, 0) is 68.6 Å². The second-order valence-electron chi connectivity index (χ2n) is 10.1. The highest BCUT2D eigenvalue weighted by atomic mass is 35.5. The fourth-order valence-electron chi connectivity index (χ4n) is 4.82. The molecule has 0 amide bonds. The standard InChI is InChI=1S/C27H33ClN4O3/c1-18(2)17-35-27(33)20-6-7-23-24(14-20)32(15-21-10-13-34-21)26(30-23)16-31-11-8-19(9-12-31)22-4-3-5-25(28)29-22/h3-7,14,18-19,21H,8-13,15-17H2,1-2H3/t21-/m0/s1. The van der Waals surface area contributed by atoms with Gasteiger partial charge in [0, 0.05) is 18.2 Å². The number of esters is 1. The number of imidazole rings is 1. The van der Waals surface area contributed by atoms with Crippen molar-refractivity contribution in [2.45, 2.75) is 58.2 Å². The summed E-state index contributed by atoms with van der Waals surface area (Å²) < 4.78 is 13.4. The van der Waals surface area contributed by atoms with Crippen molar-refractivity contribution in [3.05, 3.63) is 58.6 Å². The number of hydrogen-bond donors (Lipinski definition) is 0. The van der Waals surface area contributed by atoms with Crippen LogP contribution in [-0.4, -0.2) is 57.8 Å². The molecule has 35 heavy (non-hydrogen) atoms. The number of hydrogen-bond acceptors (Lipinski definition) is 6. The quantitative estimate of drug-likeness (QED) is 0.320. The maximum atomic E-state index is 12.6. The molecule has 0 N–H and O–H groups in total. The van der Waals surface area contributed by atoms with E-state index in [1.807, 2.05) is 44.2 Å². The Labute approximate surface area is 211 Å². The van der Waals surface area contributed by atoms with E-state index in [1.54, 1.807) is 0 Å².